The van der Waals surface area contributed by atoms with Crippen LogP contribution >= 0.6 is 11.3 Å². The first-order valence-corrected chi connectivity index (χ1v) is 8.81. The number of aliphatic carboxylic acids is 1. The molecule has 24 heavy (non-hydrogen) atoms. The van der Waals surface area contributed by atoms with E-state index in [0.29, 0.717) is 6.04 Å². The number of halogens is 3. The van der Waals surface area contributed by atoms with E-state index >= 15 is 0 Å². The number of hydrogen-bond donors (Lipinski definition) is 1. The molecule has 6 nitrogen and oxygen atoms in total. The second-order valence-electron chi connectivity index (χ2n) is 6.37. The van der Waals surface area contributed by atoms with Crippen molar-refractivity contribution in [1.29, 1.82) is 0 Å². The Bertz CT molecular complexity index is 565. The van der Waals surface area contributed by atoms with Crippen LogP contribution < -0.4 is 4.90 Å². The first-order valence-electron chi connectivity index (χ1n) is 7.93. The number of nitrogens with zero attached hydrogens (tertiary/aromatic N) is 4. The number of rotatable bonds is 3. The monoisotopic (exact) mass is 364 g/mol. The Hall–Kier alpha value is -1.42. The quantitative estimate of drug-likeness (QED) is 0.887. The Morgan fingerprint density at radius 3 is 2.46 bits per heavy atom. The molecule has 1 aliphatic carbocycles. The zero-order chi connectivity index (χ0) is 17.3. The molecule has 0 amide bonds. The molecular weight excluding hydrogens is 345 g/mol. The van der Waals surface area contributed by atoms with Gasteiger partial charge in [-0.25, -0.2) is 4.79 Å². The van der Waals surface area contributed by atoms with Crippen LogP contribution in [-0.2, 0) is 4.79 Å². The Morgan fingerprint density at radius 1 is 1.25 bits per heavy atom. The first kappa shape index (κ1) is 17.4. The van der Waals surface area contributed by atoms with E-state index in [-0.39, 0.29) is 0 Å². The summed E-state index contributed by atoms with van der Waals surface area (Å²) in [5.74, 6) is -1.74. The molecule has 3 fully saturated rings. The molecule has 0 aromatic carbocycles. The van der Waals surface area contributed by atoms with Gasteiger partial charge in [-0.05, 0) is 31.6 Å². The van der Waals surface area contributed by atoms with Gasteiger partial charge in [0.15, 0.2) is 0 Å². The Balaban J connectivity index is 0.000000209. The molecule has 0 spiro atoms. The Labute approximate surface area is 141 Å². The van der Waals surface area contributed by atoms with Crippen LogP contribution in [0.2, 0.25) is 0 Å². The van der Waals surface area contributed by atoms with Crippen LogP contribution in [0.1, 0.15) is 25.7 Å². The van der Waals surface area contributed by atoms with Crippen molar-refractivity contribution in [1.82, 2.24) is 15.1 Å². The predicted molar refractivity (Wildman–Crippen MR) is 82.1 cm³/mol. The maximum Gasteiger partial charge on any atom is 0.490 e. The van der Waals surface area contributed by atoms with Crippen LogP contribution in [0.4, 0.5) is 18.3 Å². The average molecular weight is 364 g/mol. The molecule has 0 unspecified atom stereocenters. The van der Waals surface area contributed by atoms with Gasteiger partial charge in [0.1, 0.15) is 5.51 Å². The van der Waals surface area contributed by atoms with Gasteiger partial charge in [0, 0.05) is 31.7 Å². The number of likely N-dealkylation sites (tertiary alicyclic amines) is 1. The molecular formula is C14H19F3N4O2S. The van der Waals surface area contributed by atoms with Crippen LogP contribution in [0.15, 0.2) is 5.51 Å². The molecule has 3 aliphatic rings. The molecule has 0 radical (unpaired) electrons. The summed E-state index contributed by atoms with van der Waals surface area (Å²) in [5.41, 5.74) is 1.85. The number of hydrogen-bond acceptors (Lipinski definition) is 6. The second kappa shape index (κ2) is 6.83. The fourth-order valence-electron chi connectivity index (χ4n) is 3.46. The molecule has 2 saturated heterocycles. The van der Waals surface area contributed by atoms with Gasteiger partial charge in [-0.1, -0.05) is 11.3 Å². The predicted octanol–water partition coefficient (Wildman–Crippen LogP) is 2.23. The summed E-state index contributed by atoms with van der Waals surface area (Å²) in [6.45, 7) is 3.82. The standard InChI is InChI=1S/C12H18N4S.C2HF3O2/c1-2-9(1)7-15-5-3-11-10(15)4-6-16(11)12-14-13-8-17-12;3-2(4,5)1(6)7/h8-11H,1-7H2;(H,6,7)/t10-,11+;/m1./s1. The van der Waals surface area contributed by atoms with Crippen LogP contribution in [-0.4, -0.2) is 64.1 Å². The van der Waals surface area contributed by atoms with E-state index in [1.54, 1.807) is 11.3 Å². The summed E-state index contributed by atoms with van der Waals surface area (Å²) in [5, 5.41) is 16.5. The number of fused-ring (bicyclic) bond motifs is 1. The largest absolute Gasteiger partial charge is 0.490 e. The number of carboxylic acids is 1. The minimum atomic E-state index is -5.08. The molecule has 1 aromatic heterocycles. The van der Waals surface area contributed by atoms with E-state index in [1.165, 1.54) is 45.3 Å². The Morgan fingerprint density at radius 2 is 1.92 bits per heavy atom. The topological polar surface area (TPSA) is 69.6 Å². The summed E-state index contributed by atoms with van der Waals surface area (Å²) >= 11 is 1.68. The van der Waals surface area contributed by atoms with E-state index in [2.05, 4.69) is 20.0 Å². The van der Waals surface area contributed by atoms with Crippen molar-refractivity contribution in [2.45, 2.75) is 43.9 Å². The van der Waals surface area contributed by atoms with Gasteiger partial charge >= 0.3 is 12.1 Å². The maximum absolute atomic E-state index is 10.6. The zero-order valence-electron chi connectivity index (χ0n) is 12.9. The van der Waals surface area contributed by atoms with Crippen LogP contribution in [0.25, 0.3) is 0 Å². The lowest BCUT2D eigenvalue weighted by molar-refractivity contribution is -0.192. The highest BCUT2D eigenvalue weighted by Crippen LogP contribution is 2.38. The normalized spacial score (nSPS) is 26.9. The third-order valence-corrected chi connectivity index (χ3v) is 5.44. The van der Waals surface area contributed by atoms with E-state index in [4.69, 9.17) is 9.90 Å². The molecule has 4 rings (SSSR count). The summed E-state index contributed by atoms with van der Waals surface area (Å²) in [6, 6.07) is 1.50. The van der Waals surface area contributed by atoms with Gasteiger partial charge in [-0.2, -0.15) is 13.2 Å². The molecule has 1 N–H and O–H groups in total. The van der Waals surface area contributed by atoms with Gasteiger partial charge in [-0.15, -0.1) is 10.2 Å². The smallest absolute Gasteiger partial charge is 0.475 e. The molecule has 2 atom stereocenters. The van der Waals surface area contributed by atoms with Crippen molar-refractivity contribution < 1.29 is 23.1 Å². The van der Waals surface area contributed by atoms with Crippen LogP contribution in [0.5, 0.6) is 0 Å². The number of carbonyl (C=O) groups is 1. The number of anilines is 1. The number of aromatic nitrogens is 2. The van der Waals surface area contributed by atoms with Gasteiger partial charge in [0.05, 0.1) is 0 Å². The van der Waals surface area contributed by atoms with Crippen molar-refractivity contribution in [3.05, 3.63) is 5.51 Å². The molecule has 3 heterocycles. The minimum Gasteiger partial charge on any atom is -0.475 e. The third kappa shape index (κ3) is 3.97. The second-order valence-corrected chi connectivity index (χ2v) is 7.18. The van der Waals surface area contributed by atoms with Gasteiger partial charge < -0.3 is 10.0 Å². The SMILES string of the molecule is O=C(O)C(F)(F)F.c1nnc(N2CC[C@@H]3[C@@H]2CCN3CC2CC2)s1. The average Bonchev–Trinajstić information content (AvgIpc) is 2.93. The molecule has 0 bridgehead atoms. The maximum atomic E-state index is 10.6. The Kier molecular flexibility index (Phi) is 4.95. The van der Waals surface area contributed by atoms with Crippen LogP contribution in [0, 0.1) is 5.92 Å². The summed E-state index contributed by atoms with van der Waals surface area (Å²) in [7, 11) is 0. The van der Waals surface area contributed by atoms with Crippen molar-refractivity contribution >= 4 is 22.4 Å². The molecule has 10 heteroatoms. The fraction of sp³-hybridized carbons (Fsp3) is 0.786. The van der Waals surface area contributed by atoms with Gasteiger partial charge in [0.2, 0.25) is 5.13 Å². The minimum absolute atomic E-state index is 0.710. The van der Waals surface area contributed by atoms with Crippen molar-refractivity contribution in [2.24, 2.45) is 5.92 Å². The fourth-order valence-corrected chi connectivity index (χ4v) is 4.11. The lowest BCUT2D eigenvalue weighted by Crippen LogP contribution is -2.37. The highest BCUT2D eigenvalue weighted by molar-refractivity contribution is 7.13. The summed E-state index contributed by atoms with van der Waals surface area (Å²) in [4.78, 5) is 14.1. The highest BCUT2D eigenvalue weighted by Gasteiger charge is 2.44. The summed E-state index contributed by atoms with van der Waals surface area (Å²) in [6.07, 6.45) is 0.482. The van der Waals surface area contributed by atoms with Crippen molar-refractivity contribution in [3.63, 3.8) is 0 Å². The number of carboxylic acid groups (broad SMARTS) is 1. The van der Waals surface area contributed by atoms with E-state index < -0.39 is 12.1 Å². The lowest BCUT2D eigenvalue weighted by atomic mass is 10.1. The first-order chi connectivity index (χ1) is 11.4. The van der Waals surface area contributed by atoms with Crippen molar-refractivity contribution in [2.75, 3.05) is 24.5 Å². The third-order valence-electron chi connectivity index (χ3n) is 4.72. The number of alkyl halides is 3. The van der Waals surface area contributed by atoms with E-state index in [1.807, 2.05) is 5.51 Å². The molecule has 2 aliphatic heterocycles. The van der Waals surface area contributed by atoms with E-state index in [9.17, 15) is 13.2 Å². The zero-order valence-corrected chi connectivity index (χ0v) is 13.8. The molecule has 1 aromatic rings. The van der Waals surface area contributed by atoms with Crippen LogP contribution in [0.3, 0.4) is 0 Å². The lowest BCUT2D eigenvalue weighted by Gasteiger charge is -2.24. The summed E-state index contributed by atoms with van der Waals surface area (Å²) < 4.78 is 31.7. The highest BCUT2D eigenvalue weighted by atomic mass is 32.1. The van der Waals surface area contributed by atoms with Crippen molar-refractivity contribution in [3.8, 4) is 0 Å². The van der Waals surface area contributed by atoms with Gasteiger partial charge in [-0.3, -0.25) is 4.90 Å². The van der Waals surface area contributed by atoms with Gasteiger partial charge in [0.25, 0.3) is 0 Å². The van der Waals surface area contributed by atoms with E-state index in [0.717, 1.165) is 17.1 Å². The molecule has 1 saturated carbocycles. The molecule has 134 valence electrons.